The summed E-state index contributed by atoms with van der Waals surface area (Å²) >= 11 is 4.33. The molecular formula is C32H30N6O14S4. The molecule has 2 atom stereocenters. The number of carbonyl (C=O) groups excluding carboxylic acids is 4. The van der Waals surface area contributed by atoms with E-state index < -0.39 is 71.0 Å². The molecule has 5 rings (SSSR count). The van der Waals surface area contributed by atoms with Crippen LogP contribution in [0.3, 0.4) is 0 Å². The summed E-state index contributed by atoms with van der Waals surface area (Å²) in [5, 5.41) is 35.5. The average Bonchev–Trinajstić information content (AvgIpc) is 3.71. The van der Waals surface area contributed by atoms with Gasteiger partial charge < -0.3 is 45.4 Å². The molecule has 1 aromatic carbocycles. The first-order chi connectivity index (χ1) is 26.3. The molecule has 1 fully saturated rings. The lowest BCUT2D eigenvalue weighted by Gasteiger charge is -2.49. The van der Waals surface area contributed by atoms with Crippen molar-refractivity contribution in [3.05, 3.63) is 45.6 Å². The van der Waals surface area contributed by atoms with Gasteiger partial charge in [-0.15, -0.1) is 34.4 Å². The van der Waals surface area contributed by atoms with E-state index in [1.165, 1.54) is 56.1 Å². The summed E-state index contributed by atoms with van der Waals surface area (Å²) in [7, 11) is 0. The molecule has 2 aliphatic heterocycles. The highest BCUT2D eigenvalue weighted by atomic mass is 32.2. The summed E-state index contributed by atoms with van der Waals surface area (Å²) in [6.45, 7) is 4.73. The molecule has 0 spiro atoms. The minimum Gasteiger partial charge on any atom is -0.481 e. The molecule has 1 saturated heterocycles. The van der Waals surface area contributed by atoms with Gasteiger partial charge in [-0.1, -0.05) is 16.9 Å². The average molecular weight is 851 g/mol. The summed E-state index contributed by atoms with van der Waals surface area (Å²) in [4.78, 5) is 100. The molecule has 0 unspecified atom stereocenters. The number of β-lactam (4-membered cyclic amide) rings is 1. The summed E-state index contributed by atoms with van der Waals surface area (Å²) in [6.07, 6.45) is -2.13. The Morgan fingerprint density at radius 1 is 1.05 bits per heavy atom. The quantitative estimate of drug-likeness (QED) is 0.0367. The molecular weight excluding hydrogens is 821 g/mol. The number of aliphatic carboxylic acids is 2. The first-order valence-corrected chi connectivity index (χ1v) is 19.5. The number of aromatic nitrogens is 2. The zero-order valence-corrected chi connectivity index (χ0v) is 32.7. The Bertz CT molecular complexity index is 2200. The molecule has 0 bridgehead atoms. The number of anilines is 1. The van der Waals surface area contributed by atoms with Gasteiger partial charge in [-0.05, 0) is 32.0 Å². The topological polar surface area (TPSA) is 297 Å². The van der Waals surface area contributed by atoms with Gasteiger partial charge in [0.2, 0.25) is 11.5 Å². The van der Waals surface area contributed by atoms with Crippen molar-refractivity contribution in [1.82, 2.24) is 20.2 Å². The number of carbonyl (C=O) groups is 7. The van der Waals surface area contributed by atoms with E-state index in [9.17, 15) is 48.9 Å². The summed E-state index contributed by atoms with van der Waals surface area (Å²) < 4.78 is 15.8. The van der Waals surface area contributed by atoms with Gasteiger partial charge in [-0.3, -0.25) is 28.9 Å². The van der Waals surface area contributed by atoms with E-state index in [2.05, 4.69) is 20.4 Å². The maximum Gasteiger partial charge on any atom is 0.512 e. The number of amides is 2. The second kappa shape index (κ2) is 17.0. The Balaban J connectivity index is 1.37. The van der Waals surface area contributed by atoms with Crippen molar-refractivity contribution in [2.45, 2.75) is 55.5 Å². The predicted octanol–water partition coefficient (Wildman–Crippen LogP) is 3.01. The number of rotatable bonds is 15. The van der Waals surface area contributed by atoms with Gasteiger partial charge in [0, 0.05) is 46.7 Å². The number of carboxylic acids is 2. The highest BCUT2D eigenvalue weighted by Gasteiger charge is 2.54. The minimum atomic E-state index is -1.83. The van der Waals surface area contributed by atoms with Gasteiger partial charge >= 0.3 is 30.0 Å². The van der Waals surface area contributed by atoms with E-state index in [0.717, 1.165) is 46.3 Å². The smallest absolute Gasteiger partial charge is 0.481 e. The second-order valence-electron chi connectivity index (χ2n) is 12.0. The number of oxime groups is 1. The van der Waals surface area contributed by atoms with Crippen LogP contribution < -0.4 is 20.5 Å². The van der Waals surface area contributed by atoms with E-state index in [0.29, 0.717) is 20.4 Å². The molecule has 2 amide bonds. The number of carboxylic acid groups (broad SMARTS) is 3. The van der Waals surface area contributed by atoms with Crippen molar-refractivity contribution < 1.29 is 67.9 Å². The lowest BCUT2D eigenvalue weighted by Crippen LogP contribution is -2.70. The van der Waals surface area contributed by atoms with Gasteiger partial charge in [-0.25, -0.2) is 19.6 Å². The molecule has 20 nitrogen and oxygen atoms in total. The summed E-state index contributed by atoms with van der Waals surface area (Å²) in [6, 6.07) is 3.07. The molecule has 296 valence electrons. The molecule has 56 heavy (non-hydrogen) atoms. The number of hydrogen-bond acceptors (Lipinski definition) is 19. The molecule has 24 heteroatoms. The molecule has 0 aliphatic carbocycles. The third kappa shape index (κ3) is 9.55. The number of nitrogens with one attached hydrogen (secondary N) is 1. The van der Waals surface area contributed by atoms with E-state index in [1.807, 2.05) is 0 Å². The van der Waals surface area contributed by atoms with Crippen LogP contribution >= 0.6 is 46.2 Å². The van der Waals surface area contributed by atoms with Crippen LogP contribution in [0.2, 0.25) is 0 Å². The maximum atomic E-state index is 13.5. The Hall–Kier alpha value is -5.72. The molecule has 0 radical (unpaired) electrons. The fourth-order valence-electron chi connectivity index (χ4n) is 4.87. The Kier molecular flexibility index (Phi) is 12.6. The number of ether oxygens (including phenoxy) is 3. The van der Waals surface area contributed by atoms with Gasteiger partial charge in [-0.2, -0.15) is 0 Å². The summed E-state index contributed by atoms with van der Waals surface area (Å²) in [5.41, 5.74) is 4.36. The van der Waals surface area contributed by atoms with Crippen molar-refractivity contribution >= 4 is 98.9 Å². The minimum absolute atomic E-state index is 0.0403. The Morgan fingerprint density at radius 3 is 2.36 bits per heavy atom. The van der Waals surface area contributed by atoms with Crippen molar-refractivity contribution in [1.29, 1.82) is 0 Å². The van der Waals surface area contributed by atoms with Crippen molar-refractivity contribution in [2.75, 3.05) is 17.2 Å². The van der Waals surface area contributed by atoms with Crippen molar-refractivity contribution in [3.8, 4) is 22.8 Å². The van der Waals surface area contributed by atoms with Gasteiger partial charge in [0.15, 0.2) is 26.7 Å². The fraction of sp³-hybridized carbons (Fsp3) is 0.312. The number of nitrogen functional groups attached to an aromatic ring is 1. The zero-order chi connectivity index (χ0) is 41.1. The summed E-state index contributed by atoms with van der Waals surface area (Å²) in [5.74, 6) is -5.77. The number of benzene rings is 1. The van der Waals surface area contributed by atoms with Crippen LogP contribution in [0, 0.1) is 0 Å². The first-order valence-electron chi connectivity index (χ1n) is 15.8. The lowest BCUT2D eigenvalue weighted by molar-refractivity contribution is -0.161. The van der Waals surface area contributed by atoms with Crippen LogP contribution in [0.1, 0.15) is 38.3 Å². The van der Waals surface area contributed by atoms with Crippen LogP contribution in [0.5, 0.6) is 11.5 Å². The fourth-order valence-corrected chi connectivity index (χ4v) is 9.07. The maximum absolute atomic E-state index is 13.5. The SMILES string of the molecule is CC(=O)Oc1ccc(-c2nc(SCC3=C(OC(=O)O)N4C(=O)[C@@H](NC(=O)C(=NOC(C)(C)C(=O)O)c5csc(N)n5)[C@@H]4SC3)sc2CC(=O)O)cc1OC(C)=O. The van der Waals surface area contributed by atoms with Crippen LogP contribution in [0.25, 0.3) is 11.3 Å². The number of hydrogen-bond donors (Lipinski definition) is 5. The molecule has 0 saturated carbocycles. The van der Waals surface area contributed by atoms with Crippen LogP contribution in [-0.4, -0.2) is 106 Å². The van der Waals surface area contributed by atoms with Gasteiger partial charge in [0.05, 0.1) is 12.1 Å². The number of nitrogens with two attached hydrogens (primary N) is 1. The Morgan fingerprint density at radius 2 is 1.75 bits per heavy atom. The molecule has 2 aromatic heterocycles. The normalized spacial score (nSPS) is 16.7. The lowest BCUT2D eigenvalue weighted by atomic mass is 10.1. The highest BCUT2D eigenvalue weighted by molar-refractivity contribution is 8.01. The number of thioether (sulfide) groups is 2. The van der Waals surface area contributed by atoms with Crippen LogP contribution in [0.15, 0.2) is 44.5 Å². The van der Waals surface area contributed by atoms with Crippen molar-refractivity contribution in [3.63, 3.8) is 0 Å². The van der Waals surface area contributed by atoms with Crippen LogP contribution in [0.4, 0.5) is 9.93 Å². The Labute approximate surface area is 332 Å². The van der Waals surface area contributed by atoms with Gasteiger partial charge in [0.1, 0.15) is 17.1 Å². The predicted molar refractivity (Wildman–Crippen MR) is 199 cm³/mol. The second-order valence-corrected chi connectivity index (χ2v) is 16.3. The zero-order valence-electron chi connectivity index (χ0n) is 29.4. The third-order valence-corrected chi connectivity index (χ3v) is 11.7. The molecule has 3 aromatic rings. The molecule has 6 N–H and O–H groups in total. The number of thiazole rings is 2. The van der Waals surface area contributed by atoms with Crippen LogP contribution in [-0.2, 0) is 44.8 Å². The largest absolute Gasteiger partial charge is 0.512 e. The van der Waals surface area contributed by atoms with E-state index in [4.69, 9.17) is 24.8 Å². The van der Waals surface area contributed by atoms with E-state index in [1.54, 1.807) is 0 Å². The van der Waals surface area contributed by atoms with E-state index >= 15 is 0 Å². The highest BCUT2D eigenvalue weighted by Crippen LogP contribution is 2.43. The van der Waals surface area contributed by atoms with E-state index in [-0.39, 0.29) is 45.4 Å². The number of nitrogens with zero attached hydrogens (tertiary/aromatic N) is 4. The first kappa shape index (κ1) is 41.4. The number of esters is 2. The van der Waals surface area contributed by atoms with Crippen molar-refractivity contribution in [2.24, 2.45) is 5.16 Å². The third-order valence-electron chi connectivity index (χ3n) is 7.41. The monoisotopic (exact) mass is 850 g/mol. The number of fused-ring (bicyclic) bond motifs is 1. The molecule has 4 heterocycles. The molecule has 2 aliphatic rings. The standard InChI is InChI=1S/C32H30N6O14S4/c1-12(39)49-17-6-5-14(7-18(17)50-13(2)40)21-19(8-20(41)42)56-30(36-21)55-10-15-9-53-27-23(25(44)38(27)26(15)51-31(47)48)35-24(43)22(16-11-54-29(33)34-16)37-52-32(3,4)28(45)46/h5-7,11,23,27H,8-10H2,1-4H3,(H2,33,34)(H,35,43)(H,41,42)(H,45,46)(H,47,48)/t23-,27+/m1/s1. The van der Waals surface area contributed by atoms with Gasteiger partial charge in [0.25, 0.3) is 11.8 Å².